The highest BCUT2D eigenvalue weighted by atomic mass is 16.5. The number of rotatable bonds is 4. The van der Waals surface area contributed by atoms with Crippen molar-refractivity contribution >= 4 is 10.8 Å². The maximum atomic E-state index is 5.93. The molecule has 0 aliphatic rings. The normalized spacial score (nSPS) is 11.7. The standard InChI is InChI=1S/C15H19NO/c1-15(2,16)10-11-17-14-9-5-7-12-6-3-4-8-13(12)14/h3-9H,10-11,16H2,1-2H3. The molecule has 2 aromatic carbocycles. The maximum absolute atomic E-state index is 5.93. The van der Waals surface area contributed by atoms with Crippen molar-refractivity contribution in [2.45, 2.75) is 25.8 Å². The highest BCUT2D eigenvalue weighted by Crippen LogP contribution is 2.25. The van der Waals surface area contributed by atoms with Crippen LogP contribution in [0.3, 0.4) is 0 Å². The van der Waals surface area contributed by atoms with Crippen LogP contribution in [0.4, 0.5) is 0 Å². The van der Waals surface area contributed by atoms with Crippen molar-refractivity contribution in [2.24, 2.45) is 5.73 Å². The van der Waals surface area contributed by atoms with E-state index in [9.17, 15) is 0 Å². The van der Waals surface area contributed by atoms with Crippen molar-refractivity contribution in [1.29, 1.82) is 0 Å². The molecule has 2 rings (SSSR count). The van der Waals surface area contributed by atoms with Gasteiger partial charge in [0.05, 0.1) is 6.61 Å². The molecule has 0 saturated carbocycles. The molecule has 0 unspecified atom stereocenters. The molecule has 0 heterocycles. The predicted octanol–water partition coefficient (Wildman–Crippen LogP) is 3.35. The molecular formula is C15H19NO. The first kappa shape index (κ1) is 11.9. The van der Waals surface area contributed by atoms with Gasteiger partial charge in [-0.05, 0) is 31.7 Å². The Bertz CT molecular complexity index is 494. The lowest BCUT2D eigenvalue weighted by Gasteiger charge is -2.18. The van der Waals surface area contributed by atoms with Crippen LogP contribution in [0, 0.1) is 0 Å². The van der Waals surface area contributed by atoms with Gasteiger partial charge in [0.15, 0.2) is 0 Å². The third-order valence-electron chi connectivity index (χ3n) is 2.75. The lowest BCUT2D eigenvalue weighted by Crippen LogP contribution is -2.33. The summed E-state index contributed by atoms with van der Waals surface area (Å²) >= 11 is 0. The number of fused-ring (bicyclic) bond motifs is 1. The number of hydrogen-bond acceptors (Lipinski definition) is 2. The molecule has 17 heavy (non-hydrogen) atoms. The van der Waals surface area contributed by atoms with Crippen molar-refractivity contribution in [3.63, 3.8) is 0 Å². The van der Waals surface area contributed by atoms with Gasteiger partial charge in [-0.15, -0.1) is 0 Å². The summed E-state index contributed by atoms with van der Waals surface area (Å²) in [5.74, 6) is 0.937. The predicted molar refractivity (Wildman–Crippen MR) is 72.3 cm³/mol. The summed E-state index contributed by atoms with van der Waals surface area (Å²) < 4.78 is 5.82. The third kappa shape index (κ3) is 3.21. The first-order valence-corrected chi connectivity index (χ1v) is 5.96. The van der Waals surface area contributed by atoms with Gasteiger partial charge in [-0.25, -0.2) is 0 Å². The van der Waals surface area contributed by atoms with Gasteiger partial charge in [0.1, 0.15) is 5.75 Å². The van der Waals surface area contributed by atoms with E-state index in [1.807, 2.05) is 38.1 Å². The van der Waals surface area contributed by atoms with Crippen LogP contribution in [0.2, 0.25) is 0 Å². The van der Waals surface area contributed by atoms with Crippen LogP contribution >= 0.6 is 0 Å². The Morgan fingerprint density at radius 1 is 1.06 bits per heavy atom. The van der Waals surface area contributed by atoms with Crippen LogP contribution in [0.1, 0.15) is 20.3 Å². The van der Waals surface area contributed by atoms with E-state index in [-0.39, 0.29) is 5.54 Å². The van der Waals surface area contributed by atoms with E-state index < -0.39 is 0 Å². The Labute approximate surface area is 102 Å². The lowest BCUT2D eigenvalue weighted by molar-refractivity contribution is 0.277. The van der Waals surface area contributed by atoms with Gasteiger partial charge in [-0.1, -0.05) is 36.4 Å². The topological polar surface area (TPSA) is 35.2 Å². The molecule has 0 radical (unpaired) electrons. The average Bonchev–Trinajstić information content (AvgIpc) is 2.28. The molecule has 0 atom stereocenters. The number of nitrogens with two attached hydrogens (primary N) is 1. The van der Waals surface area contributed by atoms with E-state index in [0.29, 0.717) is 6.61 Å². The first-order chi connectivity index (χ1) is 8.06. The SMILES string of the molecule is CC(C)(N)CCOc1cccc2ccccc12. The molecule has 0 bridgehead atoms. The molecule has 2 aromatic rings. The Morgan fingerprint density at radius 2 is 1.76 bits per heavy atom. The Hall–Kier alpha value is -1.54. The van der Waals surface area contributed by atoms with Gasteiger partial charge in [-0.3, -0.25) is 0 Å². The Morgan fingerprint density at radius 3 is 2.53 bits per heavy atom. The second-order valence-electron chi connectivity index (χ2n) is 5.06. The summed E-state index contributed by atoms with van der Waals surface area (Å²) in [7, 11) is 0. The zero-order valence-corrected chi connectivity index (χ0v) is 10.4. The summed E-state index contributed by atoms with van der Waals surface area (Å²) in [4.78, 5) is 0. The van der Waals surface area contributed by atoms with Gasteiger partial charge < -0.3 is 10.5 Å². The smallest absolute Gasteiger partial charge is 0.127 e. The summed E-state index contributed by atoms with van der Waals surface area (Å²) in [5, 5.41) is 2.36. The van der Waals surface area contributed by atoms with E-state index in [1.54, 1.807) is 0 Å². The van der Waals surface area contributed by atoms with Gasteiger partial charge in [0, 0.05) is 10.9 Å². The fourth-order valence-corrected chi connectivity index (χ4v) is 1.75. The van der Waals surface area contributed by atoms with Crippen molar-refractivity contribution in [2.75, 3.05) is 6.61 Å². The molecule has 2 heteroatoms. The zero-order chi connectivity index (χ0) is 12.3. The number of ether oxygens (including phenoxy) is 1. The zero-order valence-electron chi connectivity index (χ0n) is 10.4. The summed E-state index contributed by atoms with van der Waals surface area (Å²) in [6.07, 6.45) is 0.843. The monoisotopic (exact) mass is 229 g/mol. The van der Waals surface area contributed by atoms with E-state index >= 15 is 0 Å². The number of hydrogen-bond donors (Lipinski definition) is 1. The minimum absolute atomic E-state index is 0.176. The highest BCUT2D eigenvalue weighted by molar-refractivity contribution is 5.88. The average molecular weight is 229 g/mol. The minimum atomic E-state index is -0.176. The van der Waals surface area contributed by atoms with Crippen molar-refractivity contribution in [3.05, 3.63) is 42.5 Å². The quantitative estimate of drug-likeness (QED) is 0.872. The third-order valence-corrected chi connectivity index (χ3v) is 2.75. The van der Waals surface area contributed by atoms with Crippen LogP contribution in [-0.2, 0) is 0 Å². The van der Waals surface area contributed by atoms with E-state index in [0.717, 1.165) is 17.6 Å². The molecular weight excluding hydrogens is 210 g/mol. The molecule has 90 valence electrons. The Kier molecular flexibility index (Phi) is 3.34. The van der Waals surface area contributed by atoms with Gasteiger partial charge in [0.2, 0.25) is 0 Å². The van der Waals surface area contributed by atoms with Crippen molar-refractivity contribution in [1.82, 2.24) is 0 Å². The molecule has 0 fully saturated rings. The van der Waals surface area contributed by atoms with Crippen molar-refractivity contribution in [3.8, 4) is 5.75 Å². The minimum Gasteiger partial charge on any atom is -0.493 e. The van der Waals surface area contributed by atoms with Gasteiger partial charge in [-0.2, -0.15) is 0 Å². The van der Waals surface area contributed by atoms with Gasteiger partial charge >= 0.3 is 0 Å². The highest BCUT2D eigenvalue weighted by Gasteiger charge is 2.10. The van der Waals surface area contributed by atoms with E-state index in [4.69, 9.17) is 10.5 Å². The molecule has 0 aromatic heterocycles. The lowest BCUT2D eigenvalue weighted by atomic mass is 10.0. The van der Waals surface area contributed by atoms with Crippen molar-refractivity contribution < 1.29 is 4.74 Å². The summed E-state index contributed by atoms with van der Waals surface area (Å²) in [6.45, 7) is 4.68. The van der Waals surface area contributed by atoms with E-state index in [2.05, 4.69) is 18.2 Å². The molecule has 2 nitrogen and oxygen atoms in total. The molecule has 0 amide bonds. The van der Waals surface area contributed by atoms with Gasteiger partial charge in [0.25, 0.3) is 0 Å². The maximum Gasteiger partial charge on any atom is 0.127 e. The molecule has 0 aliphatic heterocycles. The molecule has 2 N–H and O–H groups in total. The van der Waals surface area contributed by atoms with Crippen LogP contribution in [0.15, 0.2) is 42.5 Å². The Balaban J connectivity index is 2.13. The second-order valence-corrected chi connectivity index (χ2v) is 5.06. The van der Waals surface area contributed by atoms with E-state index in [1.165, 1.54) is 5.39 Å². The van der Waals surface area contributed by atoms with Crippen LogP contribution < -0.4 is 10.5 Å². The second kappa shape index (κ2) is 4.76. The van der Waals surface area contributed by atoms with Crippen LogP contribution in [0.5, 0.6) is 5.75 Å². The van der Waals surface area contributed by atoms with Crippen LogP contribution in [0.25, 0.3) is 10.8 Å². The largest absolute Gasteiger partial charge is 0.493 e. The molecule has 0 aliphatic carbocycles. The molecule has 0 spiro atoms. The molecule has 0 saturated heterocycles. The first-order valence-electron chi connectivity index (χ1n) is 5.96. The fourth-order valence-electron chi connectivity index (χ4n) is 1.75. The number of benzene rings is 2. The van der Waals surface area contributed by atoms with Crippen LogP contribution in [-0.4, -0.2) is 12.1 Å². The summed E-state index contributed by atoms with van der Waals surface area (Å²) in [6, 6.07) is 14.4. The fraction of sp³-hybridized carbons (Fsp3) is 0.333. The summed E-state index contributed by atoms with van der Waals surface area (Å²) in [5.41, 5.74) is 5.76.